The second-order valence-corrected chi connectivity index (χ2v) is 5.50. The number of nitro groups is 2. The summed E-state index contributed by atoms with van der Waals surface area (Å²) in [5, 5.41) is 28.2. The maximum atomic E-state index is 11.5. The van der Waals surface area contributed by atoms with Crippen molar-refractivity contribution >= 4 is 34.1 Å². The van der Waals surface area contributed by atoms with Crippen molar-refractivity contribution in [2.75, 3.05) is 31.5 Å². The minimum absolute atomic E-state index is 0.0505. The van der Waals surface area contributed by atoms with Crippen LogP contribution >= 0.6 is 0 Å². The van der Waals surface area contributed by atoms with Crippen molar-refractivity contribution in [3.8, 4) is 0 Å². The van der Waals surface area contributed by atoms with Crippen LogP contribution in [-0.4, -0.2) is 56.9 Å². The van der Waals surface area contributed by atoms with Crippen molar-refractivity contribution in [2.24, 2.45) is 0 Å². The number of amides is 2. The van der Waals surface area contributed by atoms with E-state index < -0.39 is 21.2 Å². The number of imidazole rings is 1. The van der Waals surface area contributed by atoms with E-state index in [0.29, 0.717) is 18.9 Å². The maximum absolute atomic E-state index is 11.5. The number of hydrogen-bond donors (Lipinski definition) is 3. The van der Waals surface area contributed by atoms with Crippen molar-refractivity contribution in [1.82, 2.24) is 20.2 Å². The van der Waals surface area contributed by atoms with Gasteiger partial charge in [-0.1, -0.05) is 0 Å². The Morgan fingerprint density at radius 2 is 2.12 bits per heavy atom. The van der Waals surface area contributed by atoms with Gasteiger partial charge in [0.05, 0.1) is 15.4 Å². The van der Waals surface area contributed by atoms with Gasteiger partial charge in [-0.2, -0.15) is 0 Å². The second-order valence-electron chi connectivity index (χ2n) is 5.50. The minimum atomic E-state index is -0.694. The van der Waals surface area contributed by atoms with Gasteiger partial charge in [0.15, 0.2) is 11.2 Å². The summed E-state index contributed by atoms with van der Waals surface area (Å²) >= 11 is 0. The molecule has 2 amide bonds. The highest BCUT2D eigenvalue weighted by molar-refractivity contribution is 5.96. The van der Waals surface area contributed by atoms with E-state index in [2.05, 4.69) is 20.6 Å². The number of H-pyrrole nitrogens is 1. The highest BCUT2D eigenvalue weighted by Gasteiger charge is 2.31. The van der Waals surface area contributed by atoms with E-state index >= 15 is 0 Å². The number of aromatic nitrogens is 2. The number of rotatable bonds is 6. The molecular formula is C13H15N7O5. The summed E-state index contributed by atoms with van der Waals surface area (Å²) < 4.78 is 0. The first kappa shape index (κ1) is 16.4. The summed E-state index contributed by atoms with van der Waals surface area (Å²) in [6.07, 6.45) is 0. The molecule has 0 aliphatic carbocycles. The highest BCUT2D eigenvalue weighted by atomic mass is 16.6. The lowest BCUT2D eigenvalue weighted by Crippen LogP contribution is -2.32. The molecule has 2 aromatic rings. The minimum Gasteiger partial charge on any atom is -0.372 e. The standard InChI is InChI=1S/C13H15N7O5/c1-7-16-8-6-9(19(22)23)11(12(20(24)25)10(8)17-7)14-2-4-18-5-3-15-13(18)21/h6,14H,2-5H2,1H3,(H,15,21)(H,16,17). The first-order chi connectivity index (χ1) is 11.9. The zero-order valence-corrected chi connectivity index (χ0v) is 13.2. The van der Waals surface area contributed by atoms with Gasteiger partial charge in [0.25, 0.3) is 0 Å². The van der Waals surface area contributed by atoms with Crippen molar-refractivity contribution in [3.63, 3.8) is 0 Å². The number of urea groups is 1. The zero-order valence-electron chi connectivity index (χ0n) is 13.2. The summed E-state index contributed by atoms with van der Waals surface area (Å²) in [7, 11) is 0. The number of anilines is 1. The quantitative estimate of drug-likeness (QED) is 0.520. The number of carbonyl (C=O) groups is 1. The lowest BCUT2D eigenvalue weighted by molar-refractivity contribution is -0.391. The van der Waals surface area contributed by atoms with Gasteiger partial charge >= 0.3 is 17.4 Å². The van der Waals surface area contributed by atoms with Gasteiger partial charge in [0.2, 0.25) is 0 Å². The number of nitrogens with zero attached hydrogens (tertiary/aromatic N) is 4. The van der Waals surface area contributed by atoms with Crippen molar-refractivity contribution < 1.29 is 14.6 Å². The topological polar surface area (TPSA) is 159 Å². The van der Waals surface area contributed by atoms with E-state index in [1.807, 2.05) is 0 Å². The fourth-order valence-electron chi connectivity index (χ4n) is 2.78. The third-order valence-electron chi connectivity index (χ3n) is 3.86. The molecule has 1 aliphatic rings. The van der Waals surface area contributed by atoms with E-state index in [1.165, 1.54) is 11.0 Å². The monoisotopic (exact) mass is 349 g/mol. The predicted octanol–water partition coefficient (Wildman–Crippen LogP) is 1.12. The van der Waals surface area contributed by atoms with Crippen LogP contribution in [0.3, 0.4) is 0 Å². The Morgan fingerprint density at radius 1 is 1.36 bits per heavy atom. The van der Waals surface area contributed by atoms with Gasteiger partial charge in [-0.15, -0.1) is 0 Å². The van der Waals surface area contributed by atoms with Crippen LogP contribution < -0.4 is 10.6 Å². The Kier molecular flexibility index (Phi) is 4.09. The fraction of sp³-hybridized carbons (Fsp3) is 0.385. The van der Waals surface area contributed by atoms with E-state index in [0.717, 1.165) is 0 Å². The number of carbonyl (C=O) groups excluding carboxylic acids is 1. The third-order valence-corrected chi connectivity index (χ3v) is 3.86. The Labute approximate surface area is 140 Å². The van der Waals surface area contributed by atoms with E-state index in [1.54, 1.807) is 6.92 Å². The summed E-state index contributed by atoms with van der Waals surface area (Å²) in [5.41, 5.74) is -0.823. The molecule has 0 unspecified atom stereocenters. The van der Waals surface area contributed by atoms with E-state index in [-0.39, 0.29) is 35.8 Å². The first-order valence-electron chi connectivity index (χ1n) is 7.47. The predicted molar refractivity (Wildman–Crippen MR) is 87.6 cm³/mol. The zero-order chi connectivity index (χ0) is 18.1. The molecular weight excluding hydrogens is 334 g/mol. The number of hydrogen-bond acceptors (Lipinski definition) is 7. The molecule has 1 aliphatic heterocycles. The summed E-state index contributed by atoms with van der Waals surface area (Å²) in [6, 6.07) is 0.983. The highest BCUT2D eigenvalue weighted by Crippen LogP contribution is 2.39. The summed E-state index contributed by atoms with van der Waals surface area (Å²) in [5.74, 6) is 0.415. The molecule has 0 radical (unpaired) electrons. The number of nitrogens with one attached hydrogen (secondary N) is 3. The van der Waals surface area contributed by atoms with Gasteiger partial charge in [-0.3, -0.25) is 20.2 Å². The molecule has 3 N–H and O–H groups in total. The maximum Gasteiger partial charge on any atom is 0.327 e. The molecule has 0 bridgehead atoms. The van der Waals surface area contributed by atoms with Crippen LogP contribution in [0.25, 0.3) is 11.0 Å². The van der Waals surface area contributed by atoms with Crippen molar-refractivity contribution in [2.45, 2.75) is 6.92 Å². The SMILES string of the molecule is Cc1nc2c([N+](=O)[O-])c(NCCN3CCNC3=O)c([N+](=O)[O-])cc2[nH]1. The lowest BCUT2D eigenvalue weighted by atomic mass is 10.2. The Balaban J connectivity index is 1.97. The van der Waals surface area contributed by atoms with Crippen molar-refractivity contribution in [3.05, 3.63) is 32.1 Å². The van der Waals surface area contributed by atoms with Crippen LogP contribution in [0.15, 0.2) is 6.07 Å². The molecule has 0 atom stereocenters. The molecule has 1 aromatic carbocycles. The molecule has 132 valence electrons. The molecule has 3 rings (SSSR count). The van der Waals surface area contributed by atoms with Crippen LogP contribution in [-0.2, 0) is 0 Å². The Morgan fingerprint density at radius 3 is 2.72 bits per heavy atom. The Bertz CT molecular complexity index is 877. The number of nitro benzene ring substituents is 2. The third kappa shape index (κ3) is 3.00. The molecule has 1 aromatic heterocycles. The lowest BCUT2D eigenvalue weighted by Gasteiger charge is -2.15. The molecule has 12 nitrogen and oxygen atoms in total. The van der Waals surface area contributed by atoms with Gasteiger partial charge in [0, 0.05) is 32.2 Å². The second kappa shape index (κ2) is 6.22. The molecule has 12 heteroatoms. The van der Waals surface area contributed by atoms with Crippen LogP contribution in [0.4, 0.5) is 21.9 Å². The summed E-state index contributed by atoms with van der Waals surface area (Å²) in [6.45, 7) is 3.04. The van der Waals surface area contributed by atoms with Crippen LogP contribution in [0.2, 0.25) is 0 Å². The first-order valence-corrected chi connectivity index (χ1v) is 7.47. The number of benzene rings is 1. The Hall–Kier alpha value is -3.44. The van der Waals surface area contributed by atoms with Crippen LogP contribution in [0.5, 0.6) is 0 Å². The van der Waals surface area contributed by atoms with E-state index in [9.17, 15) is 25.0 Å². The number of aromatic amines is 1. The molecule has 0 saturated carbocycles. The van der Waals surface area contributed by atoms with E-state index in [4.69, 9.17) is 0 Å². The smallest absolute Gasteiger partial charge is 0.327 e. The average molecular weight is 349 g/mol. The number of fused-ring (bicyclic) bond motifs is 1. The molecule has 1 fully saturated rings. The van der Waals surface area contributed by atoms with Gasteiger partial charge < -0.3 is 20.5 Å². The van der Waals surface area contributed by atoms with Crippen molar-refractivity contribution in [1.29, 1.82) is 0 Å². The number of aryl methyl sites for hydroxylation is 1. The fourth-order valence-corrected chi connectivity index (χ4v) is 2.78. The van der Waals surface area contributed by atoms with Crippen LogP contribution in [0.1, 0.15) is 5.82 Å². The van der Waals surface area contributed by atoms with Crippen LogP contribution in [0, 0.1) is 27.2 Å². The molecule has 25 heavy (non-hydrogen) atoms. The van der Waals surface area contributed by atoms with Gasteiger partial charge in [-0.05, 0) is 6.92 Å². The normalized spacial score (nSPS) is 14.0. The summed E-state index contributed by atoms with van der Waals surface area (Å²) in [4.78, 5) is 41.3. The van der Waals surface area contributed by atoms with Gasteiger partial charge in [-0.25, -0.2) is 9.78 Å². The average Bonchev–Trinajstić information content (AvgIpc) is 3.10. The molecule has 1 saturated heterocycles. The molecule has 0 spiro atoms. The molecule has 2 heterocycles. The van der Waals surface area contributed by atoms with Gasteiger partial charge in [0.1, 0.15) is 5.82 Å². The largest absolute Gasteiger partial charge is 0.372 e.